The molecule has 0 spiro atoms. The highest BCUT2D eigenvalue weighted by Crippen LogP contribution is 2.32. The van der Waals surface area contributed by atoms with E-state index < -0.39 is 0 Å². The minimum absolute atomic E-state index is 0.112. The summed E-state index contributed by atoms with van der Waals surface area (Å²) in [5.41, 5.74) is 2.86. The molecule has 1 aromatic heterocycles. The lowest BCUT2D eigenvalue weighted by Crippen LogP contribution is -2.42. The van der Waals surface area contributed by atoms with Crippen LogP contribution < -0.4 is 5.32 Å². The molecule has 0 radical (unpaired) electrons. The number of amides is 1. The number of aromatic nitrogens is 1. The standard InChI is InChI=1S/C28H41ClN4O2/c1-19-15-20(2)17-33(16-19)12-6-11-30-27(34)23-9-13-32(14-10-23)18-25-22(4)35-28(31-25)26-21(3)7-5-8-24(26)29/h5,7-8,19-20,23H,6,9-18H2,1-4H3,(H,30,34). The molecule has 3 heterocycles. The van der Waals surface area contributed by atoms with E-state index in [-0.39, 0.29) is 11.8 Å². The molecule has 2 atom stereocenters. The zero-order valence-corrected chi connectivity index (χ0v) is 22.5. The summed E-state index contributed by atoms with van der Waals surface area (Å²) >= 11 is 6.41. The Morgan fingerprint density at radius 2 is 1.86 bits per heavy atom. The molecule has 2 fully saturated rings. The molecule has 0 aliphatic carbocycles. The molecule has 6 nitrogen and oxygen atoms in total. The fraction of sp³-hybridized carbons (Fsp3) is 0.643. The maximum Gasteiger partial charge on any atom is 0.228 e. The van der Waals surface area contributed by atoms with E-state index in [2.05, 4.69) is 29.0 Å². The normalized spacial score (nSPS) is 22.4. The van der Waals surface area contributed by atoms with Gasteiger partial charge in [0, 0.05) is 32.1 Å². The third-order valence-electron chi connectivity index (χ3n) is 7.56. The van der Waals surface area contributed by atoms with Crippen LogP contribution in [0.15, 0.2) is 22.6 Å². The van der Waals surface area contributed by atoms with Crippen LogP contribution in [-0.4, -0.2) is 60.0 Å². The number of halogens is 1. The van der Waals surface area contributed by atoms with E-state index in [0.717, 1.165) is 86.4 Å². The number of nitrogens with one attached hydrogen (secondary N) is 1. The fourth-order valence-electron chi connectivity index (χ4n) is 5.78. The molecule has 35 heavy (non-hydrogen) atoms. The molecule has 1 aromatic carbocycles. The SMILES string of the molecule is Cc1cccc(Cl)c1-c1nc(CN2CCC(C(=O)NCCCN3CC(C)CC(C)C3)CC2)c(C)o1. The highest BCUT2D eigenvalue weighted by Gasteiger charge is 2.26. The molecular formula is C28H41ClN4O2. The maximum atomic E-state index is 12.7. The summed E-state index contributed by atoms with van der Waals surface area (Å²) in [7, 11) is 0. The lowest BCUT2D eigenvalue weighted by molar-refractivity contribution is -0.126. The van der Waals surface area contributed by atoms with Crippen LogP contribution >= 0.6 is 11.6 Å². The van der Waals surface area contributed by atoms with Gasteiger partial charge in [-0.1, -0.05) is 37.6 Å². The van der Waals surface area contributed by atoms with Crippen molar-refractivity contribution in [3.63, 3.8) is 0 Å². The van der Waals surface area contributed by atoms with Gasteiger partial charge in [-0.3, -0.25) is 9.69 Å². The van der Waals surface area contributed by atoms with E-state index >= 15 is 0 Å². The van der Waals surface area contributed by atoms with Gasteiger partial charge in [-0.15, -0.1) is 0 Å². The van der Waals surface area contributed by atoms with Gasteiger partial charge in [0.05, 0.1) is 16.3 Å². The molecule has 1 amide bonds. The van der Waals surface area contributed by atoms with Crippen molar-refractivity contribution in [3.05, 3.63) is 40.2 Å². The average Bonchev–Trinajstić information content (AvgIpc) is 3.16. The van der Waals surface area contributed by atoms with Crippen LogP contribution in [0, 0.1) is 31.6 Å². The maximum absolute atomic E-state index is 12.7. The first-order valence-electron chi connectivity index (χ1n) is 13.2. The molecular weight excluding hydrogens is 460 g/mol. The highest BCUT2D eigenvalue weighted by molar-refractivity contribution is 6.33. The number of hydrogen-bond donors (Lipinski definition) is 1. The molecule has 7 heteroatoms. The van der Waals surface area contributed by atoms with Crippen molar-refractivity contribution in [1.29, 1.82) is 0 Å². The van der Waals surface area contributed by atoms with Crippen LogP contribution in [0.25, 0.3) is 11.5 Å². The number of benzene rings is 1. The summed E-state index contributed by atoms with van der Waals surface area (Å²) in [6, 6.07) is 5.83. The Kier molecular flexibility index (Phi) is 8.90. The van der Waals surface area contributed by atoms with Gasteiger partial charge < -0.3 is 14.6 Å². The Balaban J connectivity index is 1.20. The second kappa shape index (κ2) is 11.9. The topological polar surface area (TPSA) is 61.6 Å². The van der Waals surface area contributed by atoms with Gasteiger partial charge >= 0.3 is 0 Å². The summed E-state index contributed by atoms with van der Waals surface area (Å²) in [5, 5.41) is 3.85. The van der Waals surface area contributed by atoms with Crippen molar-refractivity contribution in [3.8, 4) is 11.5 Å². The van der Waals surface area contributed by atoms with Gasteiger partial charge in [0.1, 0.15) is 5.76 Å². The van der Waals surface area contributed by atoms with Crippen LogP contribution in [-0.2, 0) is 11.3 Å². The molecule has 1 N–H and O–H groups in total. The number of carbonyl (C=O) groups excluding carboxylic acids is 1. The lowest BCUT2D eigenvalue weighted by Gasteiger charge is -2.35. The summed E-state index contributed by atoms with van der Waals surface area (Å²) in [4.78, 5) is 22.4. The fourth-order valence-corrected chi connectivity index (χ4v) is 6.09. The molecule has 4 rings (SSSR count). The Hall–Kier alpha value is -1.89. The number of rotatable bonds is 8. The Bertz CT molecular complexity index is 969. The van der Waals surface area contributed by atoms with Crippen LogP contribution in [0.1, 0.15) is 56.5 Å². The second-order valence-electron chi connectivity index (χ2n) is 10.9. The molecule has 192 valence electrons. The van der Waals surface area contributed by atoms with Gasteiger partial charge in [0.2, 0.25) is 11.8 Å². The van der Waals surface area contributed by atoms with E-state index in [0.29, 0.717) is 10.9 Å². The first-order chi connectivity index (χ1) is 16.8. The van der Waals surface area contributed by atoms with E-state index in [4.69, 9.17) is 21.0 Å². The number of oxazole rings is 1. The Morgan fingerprint density at radius 1 is 1.14 bits per heavy atom. The van der Waals surface area contributed by atoms with Crippen molar-refractivity contribution in [2.45, 2.75) is 59.9 Å². The molecule has 2 unspecified atom stereocenters. The molecule has 2 aliphatic rings. The summed E-state index contributed by atoms with van der Waals surface area (Å²) < 4.78 is 5.98. The van der Waals surface area contributed by atoms with E-state index in [1.165, 1.54) is 19.5 Å². The van der Waals surface area contributed by atoms with Crippen LogP contribution in [0.4, 0.5) is 0 Å². The van der Waals surface area contributed by atoms with Crippen LogP contribution in [0.2, 0.25) is 5.02 Å². The quantitative estimate of drug-likeness (QED) is 0.498. The van der Waals surface area contributed by atoms with Crippen molar-refractivity contribution >= 4 is 17.5 Å². The minimum atomic E-state index is 0.112. The van der Waals surface area contributed by atoms with Gasteiger partial charge in [-0.05, 0) is 82.6 Å². The van der Waals surface area contributed by atoms with E-state index in [9.17, 15) is 4.79 Å². The predicted molar refractivity (Wildman–Crippen MR) is 141 cm³/mol. The zero-order chi connectivity index (χ0) is 24.9. The van der Waals surface area contributed by atoms with Gasteiger partial charge in [-0.25, -0.2) is 4.98 Å². The Labute approximate surface area is 215 Å². The molecule has 2 aromatic rings. The lowest BCUT2D eigenvalue weighted by atomic mass is 9.92. The summed E-state index contributed by atoms with van der Waals surface area (Å²) in [5.74, 6) is 3.32. The Morgan fingerprint density at radius 3 is 2.54 bits per heavy atom. The van der Waals surface area contributed by atoms with E-state index in [1.54, 1.807) is 0 Å². The molecule has 0 bridgehead atoms. The minimum Gasteiger partial charge on any atom is -0.441 e. The first-order valence-corrected chi connectivity index (χ1v) is 13.6. The zero-order valence-electron chi connectivity index (χ0n) is 21.8. The number of piperidine rings is 2. The van der Waals surface area contributed by atoms with Crippen molar-refractivity contribution in [1.82, 2.24) is 20.1 Å². The monoisotopic (exact) mass is 500 g/mol. The van der Waals surface area contributed by atoms with Crippen molar-refractivity contribution in [2.24, 2.45) is 17.8 Å². The molecule has 2 saturated heterocycles. The molecule has 2 aliphatic heterocycles. The van der Waals surface area contributed by atoms with Gasteiger partial charge in [-0.2, -0.15) is 0 Å². The highest BCUT2D eigenvalue weighted by atomic mass is 35.5. The third kappa shape index (κ3) is 6.87. The van der Waals surface area contributed by atoms with Crippen molar-refractivity contribution < 1.29 is 9.21 Å². The van der Waals surface area contributed by atoms with E-state index in [1.807, 2.05) is 32.0 Å². The first kappa shape index (κ1) is 26.2. The largest absolute Gasteiger partial charge is 0.441 e. The number of aryl methyl sites for hydroxylation is 2. The second-order valence-corrected chi connectivity index (χ2v) is 11.3. The van der Waals surface area contributed by atoms with Gasteiger partial charge in [0.15, 0.2) is 0 Å². The predicted octanol–water partition coefficient (Wildman–Crippen LogP) is 5.31. The smallest absolute Gasteiger partial charge is 0.228 e. The summed E-state index contributed by atoms with van der Waals surface area (Å²) in [6.07, 6.45) is 4.15. The van der Waals surface area contributed by atoms with Crippen molar-refractivity contribution in [2.75, 3.05) is 39.3 Å². The van der Waals surface area contributed by atoms with Crippen LogP contribution in [0.3, 0.4) is 0 Å². The average molecular weight is 501 g/mol. The number of hydrogen-bond acceptors (Lipinski definition) is 5. The number of nitrogens with zero attached hydrogens (tertiary/aromatic N) is 3. The molecule has 0 saturated carbocycles. The number of carbonyl (C=O) groups is 1. The summed E-state index contributed by atoms with van der Waals surface area (Å²) in [6.45, 7) is 15.5. The number of likely N-dealkylation sites (tertiary alicyclic amines) is 2. The third-order valence-corrected chi connectivity index (χ3v) is 7.87. The van der Waals surface area contributed by atoms with Crippen LogP contribution in [0.5, 0.6) is 0 Å². The van der Waals surface area contributed by atoms with Gasteiger partial charge in [0.25, 0.3) is 0 Å².